The third-order valence-corrected chi connectivity index (χ3v) is 1.08. The van der Waals surface area contributed by atoms with Crippen molar-refractivity contribution in [1.29, 1.82) is 0 Å². The first-order valence-corrected chi connectivity index (χ1v) is 3.33. The van der Waals surface area contributed by atoms with Crippen LogP contribution in [0.5, 0.6) is 0 Å². The highest BCUT2D eigenvalue weighted by molar-refractivity contribution is 6.02. The van der Waals surface area contributed by atoms with E-state index in [-0.39, 0.29) is 24.1 Å². The Hall–Kier alpha value is -1.72. The second-order valence-electron chi connectivity index (χ2n) is 2.26. The molecule has 0 aliphatic heterocycles. The van der Waals surface area contributed by atoms with Gasteiger partial charge in [0.25, 0.3) is 0 Å². The highest BCUT2D eigenvalue weighted by Gasteiger charge is 2.05. The van der Waals surface area contributed by atoms with Gasteiger partial charge in [-0.2, -0.15) is 10.1 Å². The lowest BCUT2D eigenvalue weighted by Crippen LogP contribution is -2.15. The van der Waals surface area contributed by atoms with Gasteiger partial charge < -0.3 is 0 Å². The number of rotatable bonds is 3. The molecule has 0 bridgehead atoms. The van der Waals surface area contributed by atoms with Gasteiger partial charge in [-0.3, -0.25) is 14.9 Å². The highest BCUT2D eigenvalue weighted by Crippen LogP contribution is 1.94. The summed E-state index contributed by atoms with van der Waals surface area (Å²) < 4.78 is 0. The normalized spacial score (nSPS) is 9.42. The van der Waals surface area contributed by atoms with Crippen molar-refractivity contribution in [3.63, 3.8) is 0 Å². The van der Waals surface area contributed by atoms with E-state index in [1.807, 2.05) is 0 Å². The summed E-state index contributed by atoms with van der Waals surface area (Å²) in [6, 6.07) is 0. The maximum Gasteiger partial charge on any atom is 0.234 e. The van der Waals surface area contributed by atoms with Crippen molar-refractivity contribution < 1.29 is 9.59 Å². The summed E-state index contributed by atoms with van der Waals surface area (Å²) in [5.74, 6) is -0.326. The fourth-order valence-corrected chi connectivity index (χ4v) is 0.668. The van der Waals surface area contributed by atoms with Gasteiger partial charge in [0.1, 0.15) is 12.1 Å². The van der Waals surface area contributed by atoms with E-state index in [4.69, 9.17) is 0 Å². The minimum absolute atomic E-state index is 0.138. The SMILES string of the molecule is CC(=O)CC(=O)Nc1ncn[nH]1. The van der Waals surface area contributed by atoms with Crippen LogP contribution in [0.15, 0.2) is 6.33 Å². The number of carbonyl (C=O) groups excluding carboxylic acids is 2. The van der Waals surface area contributed by atoms with Crippen LogP contribution < -0.4 is 5.32 Å². The second kappa shape index (κ2) is 3.61. The molecule has 0 radical (unpaired) electrons. The van der Waals surface area contributed by atoms with Crippen LogP contribution in [0.3, 0.4) is 0 Å². The monoisotopic (exact) mass is 168 g/mol. The molecule has 1 aromatic rings. The van der Waals surface area contributed by atoms with Crippen LogP contribution in [-0.4, -0.2) is 26.9 Å². The van der Waals surface area contributed by atoms with E-state index in [0.717, 1.165) is 0 Å². The molecule has 0 spiro atoms. The molecule has 0 saturated heterocycles. The van der Waals surface area contributed by atoms with Gasteiger partial charge in [-0.1, -0.05) is 0 Å². The molecule has 6 heteroatoms. The van der Waals surface area contributed by atoms with Gasteiger partial charge in [0.15, 0.2) is 0 Å². The average Bonchev–Trinajstić information content (AvgIpc) is 2.37. The Bertz CT molecular complexity index is 280. The zero-order valence-electron chi connectivity index (χ0n) is 6.50. The fraction of sp³-hybridized carbons (Fsp3) is 0.333. The van der Waals surface area contributed by atoms with Gasteiger partial charge in [-0.15, -0.1) is 0 Å². The standard InChI is InChI=1S/C6H8N4O2/c1-4(11)2-5(12)9-6-7-3-8-10-6/h3H,2H2,1H3,(H2,7,8,9,10,12). The van der Waals surface area contributed by atoms with Crippen LogP contribution in [0.2, 0.25) is 0 Å². The van der Waals surface area contributed by atoms with Crippen LogP contribution >= 0.6 is 0 Å². The minimum atomic E-state index is -0.390. The van der Waals surface area contributed by atoms with Gasteiger partial charge in [0.05, 0.1) is 6.42 Å². The van der Waals surface area contributed by atoms with Crippen molar-refractivity contribution in [2.75, 3.05) is 5.32 Å². The summed E-state index contributed by atoms with van der Waals surface area (Å²) in [6.45, 7) is 1.35. The molecule has 0 unspecified atom stereocenters. The lowest BCUT2D eigenvalue weighted by atomic mass is 10.3. The minimum Gasteiger partial charge on any atom is -0.299 e. The first kappa shape index (κ1) is 8.38. The number of amides is 1. The highest BCUT2D eigenvalue weighted by atomic mass is 16.2. The van der Waals surface area contributed by atoms with Gasteiger partial charge in [0.2, 0.25) is 11.9 Å². The molecule has 64 valence electrons. The number of Topliss-reactive ketones (excluding diaryl/α,β-unsaturated/α-hetero) is 1. The van der Waals surface area contributed by atoms with Crippen molar-refractivity contribution in [2.24, 2.45) is 0 Å². The third kappa shape index (κ3) is 2.49. The number of aromatic amines is 1. The number of nitrogens with zero attached hydrogens (tertiary/aromatic N) is 2. The fourth-order valence-electron chi connectivity index (χ4n) is 0.668. The van der Waals surface area contributed by atoms with E-state index >= 15 is 0 Å². The number of carbonyl (C=O) groups is 2. The Labute approximate surface area is 68.4 Å². The van der Waals surface area contributed by atoms with Gasteiger partial charge in [-0.25, -0.2) is 5.10 Å². The van der Waals surface area contributed by atoms with Crippen molar-refractivity contribution in [3.8, 4) is 0 Å². The average molecular weight is 168 g/mol. The number of hydrogen-bond acceptors (Lipinski definition) is 4. The Morgan fingerprint density at radius 3 is 2.92 bits per heavy atom. The molecule has 1 rings (SSSR count). The first-order chi connectivity index (χ1) is 5.68. The second-order valence-corrected chi connectivity index (χ2v) is 2.26. The molecule has 0 saturated carbocycles. The zero-order valence-corrected chi connectivity index (χ0v) is 6.50. The Morgan fingerprint density at radius 1 is 1.67 bits per heavy atom. The van der Waals surface area contributed by atoms with E-state index in [1.54, 1.807) is 0 Å². The van der Waals surface area contributed by atoms with Gasteiger partial charge in [-0.05, 0) is 6.92 Å². The van der Waals surface area contributed by atoms with Gasteiger partial charge >= 0.3 is 0 Å². The Morgan fingerprint density at radius 2 is 2.42 bits per heavy atom. The molecule has 2 N–H and O–H groups in total. The zero-order chi connectivity index (χ0) is 8.97. The van der Waals surface area contributed by atoms with Crippen LogP contribution in [0.25, 0.3) is 0 Å². The number of ketones is 1. The smallest absolute Gasteiger partial charge is 0.234 e. The molecule has 0 atom stereocenters. The molecule has 1 amide bonds. The Balaban J connectivity index is 2.42. The van der Waals surface area contributed by atoms with E-state index in [1.165, 1.54) is 13.3 Å². The molecule has 0 aliphatic carbocycles. The summed E-state index contributed by atoms with van der Waals surface area (Å²) in [5.41, 5.74) is 0. The number of H-pyrrole nitrogens is 1. The van der Waals surface area contributed by atoms with Crippen LogP contribution in [0.4, 0.5) is 5.95 Å². The lowest BCUT2D eigenvalue weighted by Gasteiger charge is -1.96. The lowest BCUT2D eigenvalue weighted by molar-refractivity contribution is -0.124. The number of hydrogen-bond donors (Lipinski definition) is 2. The molecule has 12 heavy (non-hydrogen) atoms. The quantitative estimate of drug-likeness (QED) is 0.607. The predicted molar refractivity (Wildman–Crippen MR) is 40.3 cm³/mol. The van der Waals surface area contributed by atoms with Crippen molar-refractivity contribution in [3.05, 3.63) is 6.33 Å². The molecule has 0 aromatic carbocycles. The number of anilines is 1. The maximum absolute atomic E-state index is 10.9. The van der Waals surface area contributed by atoms with Crippen LogP contribution in [0.1, 0.15) is 13.3 Å². The molecule has 1 aromatic heterocycles. The summed E-state index contributed by atoms with van der Waals surface area (Å²) in [7, 11) is 0. The molecule has 0 aliphatic rings. The van der Waals surface area contributed by atoms with E-state index < -0.39 is 0 Å². The van der Waals surface area contributed by atoms with E-state index in [0.29, 0.717) is 0 Å². The summed E-state index contributed by atoms with van der Waals surface area (Å²) >= 11 is 0. The molecular formula is C6H8N4O2. The predicted octanol–water partition coefficient (Wildman–Crippen LogP) is -0.278. The third-order valence-electron chi connectivity index (χ3n) is 1.08. The Kier molecular flexibility index (Phi) is 2.52. The van der Waals surface area contributed by atoms with E-state index in [9.17, 15) is 9.59 Å². The van der Waals surface area contributed by atoms with Crippen molar-refractivity contribution in [1.82, 2.24) is 15.2 Å². The van der Waals surface area contributed by atoms with Crippen molar-refractivity contribution >= 4 is 17.6 Å². The molecule has 0 fully saturated rings. The first-order valence-electron chi connectivity index (χ1n) is 3.33. The maximum atomic E-state index is 10.9. The van der Waals surface area contributed by atoms with Crippen LogP contribution in [0, 0.1) is 0 Å². The van der Waals surface area contributed by atoms with Gasteiger partial charge in [0, 0.05) is 0 Å². The molecular weight excluding hydrogens is 160 g/mol. The molecule has 1 heterocycles. The number of nitrogens with one attached hydrogen (secondary N) is 2. The number of aromatic nitrogens is 3. The summed E-state index contributed by atoms with van der Waals surface area (Å²) in [5, 5.41) is 8.32. The summed E-state index contributed by atoms with van der Waals surface area (Å²) in [6.07, 6.45) is 1.13. The largest absolute Gasteiger partial charge is 0.299 e. The van der Waals surface area contributed by atoms with Crippen LogP contribution in [-0.2, 0) is 9.59 Å². The van der Waals surface area contributed by atoms with E-state index in [2.05, 4.69) is 20.5 Å². The topological polar surface area (TPSA) is 87.7 Å². The summed E-state index contributed by atoms with van der Waals surface area (Å²) in [4.78, 5) is 25.0. The van der Waals surface area contributed by atoms with Crippen molar-refractivity contribution in [2.45, 2.75) is 13.3 Å². The molecule has 6 nitrogen and oxygen atoms in total.